The van der Waals surface area contributed by atoms with Gasteiger partial charge in [0.05, 0.1) is 12.7 Å². The molecule has 1 aromatic carbocycles. The van der Waals surface area contributed by atoms with E-state index >= 15 is 0 Å². The Hall–Kier alpha value is -0.900. The van der Waals surface area contributed by atoms with Crippen molar-refractivity contribution in [1.29, 1.82) is 0 Å². The van der Waals surface area contributed by atoms with Gasteiger partial charge >= 0.3 is 0 Å². The van der Waals surface area contributed by atoms with Crippen LogP contribution in [0, 0.1) is 0 Å². The molecule has 0 aromatic heterocycles. The largest absolute Gasteiger partial charge is 0.377 e. The smallest absolute Gasteiger partial charge is 0.0605 e. The Kier molecular flexibility index (Phi) is 4.16. The maximum atomic E-state index is 5.86. The van der Waals surface area contributed by atoms with Gasteiger partial charge in [-0.15, -0.1) is 0 Å². The van der Waals surface area contributed by atoms with Crippen molar-refractivity contribution in [2.45, 2.75) is 50.4 Å². The highest BCUT2D eigenvalue weighted by Gasteiger charge is 2.40. The molecule has 0 radical (unpaired) electrons. The van der Waals surface area contributed by atoms with Crippen molar-refractivity contribution < 1.29 is 4.74 Å². The van der Waals surface area contributed by atoms with Crippen molar-refractivity contribution in [3.05, 3.63) is 35.9 Å². The normalized spacial score (nSPS) is 30.7. The Balaban J connectivity index is 1.60. The van der Waals surface area contributed by atoms with Crippen LogP contribution < -0.4 is 5.73 Å². The third-order valence-corrected chi connectivity index (χ3v) is 4.52. The van der Waals surface area contributed by atoms with E-state index in [9.17, 15) is 0 Å². The number of hydrogen-bond acceptors (Lipinski definition) is 3. The number of nitrogens with zero attached hydrogens (tertiary/aromatic N) is 1. The number of hydrogen-bond donors (Lipinski definition) is 1. The quantitative estimate of drug-likeness (QED) is 0.881. The molecule has 2 N–H and O–H groups in total. The number of nitrogens with two attached hydrogens (primary N) is 1. The van der Waals surface area contributed by atoms with E-state index in [1.807, 2.05) is 0 Å². The fourth-order valence-corrected chi connectivity index (χ4v) is 3.65. The van der Waals surface area contributed by atoms with E-state index in [1.54, 1.807) is 0 Å². The lowest BCUT2D eigenvalue weighted by Gasteiger charge is -2.38. The molecule has 0 spiro atoms. The van der Waals surface area contributed by atoms with Gasteiger partial charge in [0.25, 0.3) is 0 Å². The third-order valence-electron chi connectivity index (χ3n) is 4.52. The third kappa shape index (κ3) is 2.99. The van der Waals surface area contributed by atoms with Gasteiger partial charge in [-0.25, -0.2) is 0 Å². The van der Waals surface area contributed by atoms with Crippen LogP contribution in [0.3, 0.4) is 0 Å². The van der Waals surface area contributed by atoms with Crippen LogP contribution in [0.2, 0.25) is 0 Å². The van der Waals surface area contributed by atoms with Crippen molar-refractivity contribution >= 4 is 0 Å². The highest BCUT2D eigenvalue weighted by atomic mass is 16.5. The van der Waals surface area contributed by atoms with Gasteiger partial charge < -0.3 is 10.5 Å². The summed E-state index contributed by atoms with van der Waals surface area (Å²) in [7, 11) is 0. The minimum absolute atomic E-state index is 0.438. The lowest BCUT2D eigenvalue weighted by molar-refractivity contribution is -0.0194. The number of ether oxygens (including phenoxy) is 1. The van der Waals surface area contributed by atoms with Gasteiger partial charge in [0, 0.05) is 25.2 Å². The predicted molar refractivity (Wildman–Crippen MR) is 76.8 cm³/mol. The van der Waals surface area contributed by atoms with E-state index in [2.05, 4.69) is 35.2 Å². The molecule has 2 fully saturated rings. The molecule has 0 aliphatic carbocycles. The second kappa shape index (κ2) is 6.04. The standard InChI is InChI=1S/C16H24N2O/c17-8-9-19-16-10-14-6-7-15(11-16)18(14)12-13-4-2-1-3-5-13/h1-5,14-16H,6-12,17H2. The zero-order valence-corrected chi connectivity index (χ0v) is 11.5. The molecule has 2 atom stereocenters. The van der Waals surface area contributed by atoms with E-state index in [1.165, 1.54) is 31.2 Å². The van der Waals surface area contributed by atoms with Crippen LogP contribution in [0.1, 0.15) is 31.2 Å². The first-order valence-electron chi connectivity index (χ1n) is 7.48. The molecule has 0 amide bonds. The van der Waals surface area contributed by atoms with Gasteiger partial charge in [-0.3, -0.25) is 4.90 Å². The average molecular weight is 260 g/mol. The van der Waals surface area contributed by atoms with Crippen LogP contribution in [-0.2, 0) is 11.3 Å². The molecule has 3 rings (SSSR count). The molecule has 2 aliphatic rings. The van der Waals surface area contributed by atoms with E-state index in [-0.39, 0.29) is 0 Å². The van der Waals surface area contributed by atoms with Gasteiger partial charge in [0.15, 0.2) is 0 Å². The average Bonchev–Trinajstić information content (AvgIpc) is 2.69. The molecule has 1 aromatic rings. The minimum atomic E-state index is 0.438. The number of fused-ring (bicyclic) bond motifs is 2. The maximum Gasteiger partial charge on any atom is 0.0605 e. The molecular formula is C16H24N2O. The van der Waals surface area contributed by atoms with Gasteiger partial charge in [-0.1, -0.05) is 30.3 Å². The number of benzene rings is 1. The van der Waals surface area contributed by atoms with Gasteiger partial charge in [0.1, 0.15) is 0 Å². The molecule has 2 bridgehead atoms. The predicted octanol–water partition coefficient (Wildman–Crippen LogP) is 2.16. The molecule has 19 heavy (non-hydrogen) atoms. The fraction of sp³-hybridized carbons (Fsp3) is 0.625. The zero-order chi connectivity index (χ0) is 13.1. The van der Waals surface area contributed by atoms with E-state index in [0.717, 1.165) is 6.54 Å². The molecule has 2 unspecified atom stereocenters. The lowest BCUT2D eigenvalue weighted by Crippen LogP contribution is -2.45. The van der Waals surface area contributed by atoms with E-state index in [0.29, 0.717) is 31.3 Å². The topological polar surface area (TPSA) is 38.5 Å². The Morgan fingerprint density at radius 1 is 1.11 bits per heavy atom. The summed E-state index contributed by atoms with van der Waals surface area (Å²) in [6.45, 7) is 2.45. The molecular weight excluding hydrogens is 236 g/mol. The minimum Gasteiger partial charge on any atom is -0.377 e. The highest BCUT2D eigenvalue weighted by Crippen LogP contribution is 2.37. The molecule has 3 heteroatoms. The Labute approximate surface area is 115 Å². The van der Waals surface area contributed by atoms with Crippen molar-refractivity contribution in [2.75, 3.05) is 13.2 Å². The van der Waals surface area contributed by atoms with Crippen molar-refractivity contribution in [1.82, 2.24) is 4.90 Å². The van der Waals surface area contributed by atoms with Crippen LogP contribution in [0.5, 0.6) is 0 Å². The summed E-state index contributed by atoms with van der Waals surface area (Å²) in [5.41, 5.74) is 6.96. The van der Waals surface area contributed by atoms with Gasteiger partial charge in [0.2, 0.25) is 0 Å². The summed E-state index contributed by atoms with van der Waals surface area (Å²) in [4.78, 5) is 2.69. The van der Waals surface area contributed by atoms with Gasteiger partial charge in [-0.2, -0.15) is 0 Å². The van der Waals surface area contributed by atoms with Crippen LogP contribution in [0.25, 0.3) is 0 Å². The number of rotatable bonds is 5. The summed E-state index contributed by atoms with van der Waals surface area (Å²) in [5, 5.41) is 0. The monoisotopic (exact) mass is 260 g/mol. The van der Waals surface area contributed by atoms with Crippen LogP contribution in [0.4, 0.5) is 0 Å². The van der Waals surface area contributed by atoms with Crippen LogP contribution in [-0.4, -0.2) is 36.2 Å². The molecule has 3 nitrogen and oxygen atoms in total. The first-order valence-corrected chi connectivity index (χ1v) is 7.48. The second-order valence-corrected chi connectivity index (χ2v) is 5.80. The fourth-order valence-electron chi connectivity index (χ4n) is 3.65. The summed E-state index contributed by atoms with van der Waals surface area (Å²) >= 11 is 0. The molecule has 104 valence electrons. The van der Waals surface area contributed by atoms with E-state index < -0.39 is 0 Å². The second-order valence-electron chi connectivity index (χ2n) is 5.80. The van der Waals surface area contributed by atoms with E-state index in [4.69, 9.17) is 10.5 Å². The van der Waals surface area contributed by atoms with Crippen LogP contribution >= 0.6 is 0 Å². The lowest BCUT2D eigenvalue weighted by atomic mass is 9.99. The molecule has 2 saturated heterocycles. The molecule has 0 saturated carbocycles. The Morgan fingerprint density at radius 2 is 1.79 bits per heavy atom. The first kappa shape index (κ1) is 13.1. The summed E-state index contributed by atoms with van der Waals surface area (Å²) in [5.74, 6) is 0. The van der Waals surface area contributed by atoms with Crippen LogP contribution in [0.15, 0.2) is 30.3 Å². The first-order chi connectivity index (χ1) is 9.36. The Morgan fingerprint density at radius 3 is 2.42 bits per heavy atom. The summed E-state index contributed by atoms with van der Waals surface area (Å²) < 4.78 is 5.86. The highest BCUT2D eigenvalue weighted by molar-refractivity contribution is 5.15. The Bertz CT molecular complexity index is 381. The molecule has 2 heterocycles. The maximum absolute atomic E-state index is 5.86. The SMILES string of the molecule is NCCOC1CC2CCC(C1)N2Cc1ccccc1. The summed E-state index contributed by atoms with van der Waals surface area (Å²) in [6, 6.07) is 12.2. The summed E-state index contributed by atoms with van der Waals surface area (Å²) in [6.07, 6.45) is 5.47. The van der Waals surface area contributed by atoms with Crippen molar-refractivity contribution in [3.8, 4) is 0 Å². The molecule has 2 aliphatic heterocycles. The zero-order valence-electron chi connectivity index (χ0n) is 11.5. The van der Waals surface area contributed by atoms with Gasteiger partial charge in [-0.05, 0) is 31.2 Å². The number of piperidine rings is 1. The van der Waals surface area contributed by atoms with Crippen molar-refractivity contribution in [2.24, 2.45) is 5.73 Å². The van der Waals surface area contributed by atoms with Crippen molar-refractivity contribution in [3.63, 3.8) is 0 Å².